The van der Waals surface area contributed by atoms with Crippen LogP contribution in [-0.2, 0) is 0 Å². The second-order valence-electron chi connectivity index (χ2n) is 2.36. The van der Waals surface area contributed by atoms with Crippen LogP contribution in [0.5, 0.6) is 0 Å². The van der Waals surface area contributed by atoms with Crippen LogP contribution in [0, 0.1) is 0 Å². The van der Waals surface area contributed by atoms with Crippen molar-refractivity contribution in [1.82, 2.24) is 5.73 Å². The van der Waals surface area contributed by atoms with Gasteiger partial charge in [-0.1, -0.05) is 24.3 Å². The molecule has 1 rings (SSSR count). The van der Waals surface area contributed by atoms with Gasteiger partial charge in [0.25, 0.3) is 0 Å². The van der Waals surface area contributed by atoms with Crippen LogP contribution in [-0.4, -0.2) is 0 Å². The maximum absolute atomic E-state index is 7.29. The summed E-state index contributed by atoms with van der Waals surface area (Å²) in [5.74, 6) is 0. The topological polar surface area (TPSA) is 23.8 Å². The van der Waals surface area contributed by atoms with Crippen LogP contribution in [0.15, 0.2) is 30.8 Å². The average Bonchev–Trinajstić information content (AvgIpc) is 1.88. The minimum Gasteiger partial charge on any atom is -0.301 e. The smallest absolute Gasteiger partial charge is 0.0545 e. The molecule has 0 aliphatic rings. The largest absolute Gasteiger partial charge is 0.301 e. The van der Waals surface area contributed by atoms with E-state index in [1.807, 2.05) is 25.1 Å². The van der Waals surface area contributed by atoms with Gasteiger partial charge >= 0.3 is 0 Å². The van der Waals surface area contributed by atoms with Crippen LogP contribution in [0.4, 0.5) is 5.69 Å². The van der Waals surface area contributed by atoms with Gasteiger partial charge in [0.05, 0.1) is 5.69 Å². The van der Waals surface area contributed by atoms with Gasteiger partial charge in [0.1, 0.15) is 0 Å². The highest BCUT2D eigenvalue weighted by molar-refractivity contribution is 5.63. The SMILES string of the molecule is C=C(C)c1cccc([NH])c1. The van der Waals surface area contributed by atoms with Crippen LogP contribution < -0.4 is 5.73 Å². The van der Waals surface area contributed by atoms with Gasteiger partial charge in [-0.15, -0.1) is 0 Å². The Kier molecular flexibility index (Phi) is 1.76. The molecule has 0 aliphatic carbocycles. The standard InChI is InChI=1S/C9H10N/c1-7(2)8-4-3-5-9(10)6-8/h3-6,10H,1H2,2H3. The van der Waals surface area contributed by atoms with Crippen molar-refractivity contribution in [2.75, 3.05) is 0 Å². The minimum absolute atomic E-state index is 0.542. The lowest BCUT2D eigenvalue weighted by Crippen LogP contribution is -1.76. The number of hydrogen-bond donors (Lipinski definition) is 0. The maximum atomic E-state index is 7.29. The Morgan fingerprint density at radius 1 is 1.50 bits per heavy atom. The van der Waals surface area contributed by atoms with Crippen molar-refractivity contribution in [3.8, 4) is 0 Å². The highest BCUT2D eigenvalue weighted by atomic mass is 14.5. The molecule has 0 aliphatic heterocycles. The zero-order chi connectivity index (χ0) is 7.56. The molecule has 1 heteroatoms. The number of hydrogen-bond acceptors (Lipinski definition) is 0. The van der Waals surface area contributed by atoms with Crippen LogP contribution in [0.2, 0.25) is 0 Å². The van der Waals surface area contributed by atoms with E-state index in [2.05, 4.69) is 6.58 Å². The van der Waals surface area contributed by atoms with E-state index in [4.69, 9.17) is 5.73 Å². The molecule has 1 radical (unpaired) electrons. The molecule has 0 unspecified atom stereocenters. The van der Waals surface area contributed by atoms with E-state index in [-0.39, 0.29) is 0 Å². The highest BCUT2D eigenvalue weighted by Crippen LogP contribution is 2.14. The fourth-order valence-corrected chi connectivity index (χ4v) is 0.785. The number of nitrogens with one attached hydrogen (secondary N) is 1. The van der Waals surface area contributed by atoms with Gasteiger partial charge in [0.2, 0.25) is 0 Å². The van der Waals surface area contributed by atoms with Crippen LogP contribution in [0.3, 0.4) is 0 Å². The maximum Gasteiger partial charge on any atom is 0.0545 e. The molecule has 0 fully saturated rings. The molecule has 1 aromatic rings. The second-order valence-corrected chi connectivity index (χ2v) is 2.36. The van der Waals surface area contributed by atoms with Crippen molar-refractivity contribution in [3.05, 3.63) is 36.4 Å². The van der Waals surface area contributed by atoms with E-state index in [9.17, 15) is 0 Å². The van der Waals surface area contributed by atoms with Crippen LogP contribution >= 0.6 is 0 Å². The molecule has 1 aromatic carbocycles. The van der Waals surface area contributed by atoms with Crippen molar-refractivity contribution in [3.63, 3.8) is 0 Å². The zero-order valence-corrected chi connectivity index (χ0v) is 6.02. The molecule has 1 nitrogen and oxygen atoms in total. The Labute approximate surface area is 61.2 Å². The third kappa shape index (κ3) is 1.38. The van der Waals surface area contributed by atoms with E-state index in [1.54, 1.807) is 6.07 Å². The summed E-state index contributed by atoms with van der Waals surface area (Å²) >= 11 is 0. The van der Waals surface area contributed by atoms with E-state index in [0.29, 0.717) is 5.69 Å². The molecule has 0 aromatic heterocycles. The van der Waals surface area contributed by atoms with Gasteiger partial charge in [-0.25, -0.2) is 0 Å². The zero-order valence-electron chi connectivity index (χ0n) is 6.02. The van der Waals surface area contributed by atoms with E-state index in [0.717, 1.165) is 11.1 Å². The Hall–Kier alpha value is -1.24. The summed E-state index contributed by atoms with van der Waals surface area (Å²) in [6.07, 6.45) is 0. The predicted molar refractivity (Wildman–Crippen MR) is 43.9 cm³/mol. The molecule has 0 bridgehead atoms. The number of benzene rings is 1. The molecule has 0 amide bonds. The Morgan fingerprint density at radius 3 is 2.60 bits per heavy atom. The average molecular weight is 132 g/mol. The summed E-state index contributed by atoms with van der Waals surface area (Å²) in [6.45, 7) is 5.72. The normalized spacial score (nSPS) is 9.30. The molecule has 0 heterocycles. The molecule has 0 spiro atoms. The second kappa shape index (κ2) is 2.56. The lowest BCUT2D eigenvalue weighted by Gasteiger charge is -1.98. The fourth-order valence-electron chi connectivity index (χ4n) is 0.785. The first-order valence-electron chi connectivity index (χ1n) is 3.17. The third-order valence-corrected chi connectivity index (χ3v) is 1.36. The first-order valence-corrected chi connectivity index (χ1v) is 3.17. The van der Waals surface area contributed by atoms with E-state index >= 15 is 0 Å². The predicted octanol–water partition coefficient (Wildman–Crippen LogP) is 2.63. The van der Waals surface area contributed by atoms with Crippen LogP contribution in [0.1, 0.15) is 12.5 Å². The van der Waals surface area contributed by atoms with Gasteiger partial charge < -0.3 is 5.73 Å². The van der Waals surface area contributed by atoms with Crippen molar-refractivity contribution < 1.29 is 0 Å². The van der Waals surface area contributed by atoms with Crippen LogP contribution in [0.25, 0.3) is 5.57 Å². The monoisotopic (exact) mass is 132 g/mol. The molecule has 0 atom stereocenters. The summed E-state index contributed by atoms with van der Waals surface area (Å²) in [5.41, 5.74) is 9.89. The Morgan fingerprint density at radius 2 is 2.20 bits per heavy atom. The summed E-state index contributed by atoms with van der Waals surface area (Å²) in [5, 5.41) is 0. The van der Waals surface area contributed by atoms with Gasteiger partial charge in [-0.05, 0) is 24.6 Å². The van der Waals surface area contributed by atoms with Crippen molar-refractivity contribution in [1.29, 1.82) is 0 Å². The number of allylic oxidation sites excluding steroid dienone is 1. The van der Waals surface area contributed by atoms with E-state index in [1.165, 1.54) is 0 Å². The molecule has 51 valence electrons. The van der Waals surface area contributed by atoms with Crippen molar-refractivity contribution in [2.24, 2.45) is 0 Å². The first-order chi connectivity index (χ1) is 4.70. The minimum atomic E-state index is 0.542. The molecular formula is C9H10N. The highest BCUT2D eigenvalue weighted by Gasteiger charge is 1.91. The van der Waals surface area contributed by atoms with Gasteiger partial charge in [-0.3, -0.25) is 0 Å². The van der Waals surface area contributed by atoms with Gasteiger partial charge in [0.15, 0.2) is 0 Å². The van der Waals surface area contributed by atoms with Gasteiger partial charge in [-0.2, -0.15) is 0 Å². The summed E-state index contributed by atoms with van der Waals surface area (Å²) in [4.78, 5) is 0. The summed E-state index contributed by atoms with van der Waals surface area (Å²) in [6, 6.07) is 7.39. The summed E-state index contributed by atoms with van der Waals surface area (Å²) in [7, 11) is 0. The van der Waals surface area contributed by atoms with Crippen molar-refractivity contribution in [2.45, 2.75) is 6.92 Å². The molecular weight excluding hydrogens is 122 g/mol. The van der Waals surface area contributed by atoms with Crippen molar-refractivity contribution >= 4 is 11.3 Å². The van der Waals surface area contributed by atoms with E-state index < -0.39 is 0 Å². The Balaban J connectivity index is 3.07. The molecule has 0 saturated heterocycles. The lowest BCUT2D eigenvalue weighted by molar-refractivity contribution is 1.46. The lowest BCUT2D eigenvalue weighted by atomic mass is 10.1. The first kappa shape index (κ1) is 6.87. The Bertz CT molecular complexity index is 251. The molecule has 0 saturated carbocycles. The molecule has 1 N–H and O–H groups in total. The quantitative estimate of drug-likeness (QED) is 0.561. The third-order valence-electron chi connectivity index (χ3n) is 1.36. The molecule has 10 heavy (non-hydrogen) atoms. The van der Waals surface area contributed by atoms with Gasteiger partial charge in [0, 0.05) is 0 Å². The fraction of sp³-hybridized carbons (Fsp3) is 0.111. The number of rotatable bonds is 1. The summed E-state index contributed by atoms with van der Waals surface area (Å²) < 4.78 is 0.